The molecule has 2 N–H and O–H groups in total. The van der Waals surface area contributed by atoms with Crippen molar-refractivity contribution >= 4 is 57.9 Å². The van der Waals surface area contributed by atoms with Crippen LogP contribution in [0.15, 0.2) is 35.4 Å². The Labute approximate surface area is 207 Å². The molecule has 2 aromatic carbocycles. The third-order valence-electron chi connectivity index (χ3n) is 4.22. The van der Waals surface area contributed by atoms with Crippen molar-refractivity contribution < 1.29 is 19.1 Å². The van der Waals surface area contributed by atoms with E-state index in [9.17, 15) is 9.59 Å². The van der Waals surface area contributed by atoms with Gasteiger partial charge in [-0.2, -0.15) is 5.10 Å². The van der Waals surface area contributed by atoms with Crippen molar-refractivity contribution in [1.29, 1.82) is 0 Å². The minimum absolute atomic E-state index is 0.00823. The first-order chi connectivity index (χ1) is 15.3. The largest absolute Gasteiger partial charge is 0.490 e. The highest BCUT2D eigenvalue weighted by Crippen LogP contribution is 2.34. The number of carbonyl (C=O) groups excluding carboxylic acids is 2. The number of anilines is 1. The zero-order valence-corrected chi connectivity index (χ0v) is 21.2. The molecule has 0 aliphatic rings. The molecule has 0 spiro atoms. The lowest BCUT2D eigenvalue weighted by atomic mass is 10.2. The minimum atomic E-state index is -0.360. The molecule has 0 saturated carbocycles. The van der Waals surface area contributed by atoms with E-state index < -0.39 is 0 Å². The van der Waals surface area contributed by atoms with Gasteiger partial charge in [-0.3, -0.25) is 9.59 Å². The van der Waals surface area contributed by atoms with Gasteiger partial charge in [0.25, 0.3) is 0 Å². The van der Waals surface area contributed by atoms with E-state index in [1.54, 1.807) is 12.1 Å². The van der Waals surface area contributed by atoms with Crippen molar-refractivity contribution in [2.75, 3.05) is 18.5 Å². The van der Waals surface area contributed by atoms with Gasteiger partial charge in [0.05, 0.1) is 23.0 Å². The van der Waals surface area contributed by atoms with Crippen LogP contribution in [0.25, 0.3) is 0 Å². The minimum Gasteiger partial charge on any atom is -0.490 e. The molecular formula is C23H27ClIN3O4. The molecule has 0 aromatic heterocycles. The number of hydrogen-bond acceptors (Lipinski definition) is 5. The number of carbonyl (C=O) groups is 2. The molecule has 0 radical (unpaired) electrons. The molecule has 2 amide bonds. The third kappa shape index (κ3) is 8.31. The molecule has 9 heteroatoms. The highest BCUT2D eigenvalue weighted by atomic mass is 127. The number of hydrogen-bond donors (Lipinski definition) is 2. The molecule has 0 aliphatic heterocycles. The first kappa shape index (κ1) is 25.9. The van der Waals surface area contributed by atoms with E-state index in [1.165, 1.54) is 6.21 Å². The number of rotatable bonds is 11. The lowest BCUT2D eigenvalue weighted by Crippen LogP contribution is -2.20. The number of benzene rings is 2. The summed E-state index contributed by atoms with van der Waals surface area (Å²) >= 11 is 8.24. The first-order valence-corrected chi connectivity index (χ1v) is 11.8. The maximum absolute atomic E-state index is 12.1. The van der Waals surface area contributed by atoms with Crippen molar-refractivity contribution in [3.05, 3.63) is 50.1 Å². The Balaban J connectivity index is 1.88. The molecule has 2 rings (SSSR count). The number of nitrogens with one attached hydrogen (secondary N) is 2. The lowest BCUT2D eigenvalue weighted by Gasteiger charge is -2.14. The molecule has 7 nitrogen and oxygen atoms in total. The van der Waals surface area contributed by atoms with Crippen molar-refractivity contribution in [3.8, 4) is 11.5 Å². The molecule has 172 valence electrons. The summed E-state index contributed by atoms with van der Waals surface area (Å²) in [6.45, 7) is 6.93. The van der Waals surface area contributed by atoms with E-state index in [0.717, 1.165) is 21.1 Å². The summed E-state index contributed by atoms with van der Waals surface area (Å²) in [5.74, 6) is 0.702. The summed E-state index contributed by atoms with van der Waals surface area (Å²) in [6.07, 6.45) is 2.46. The van der Waals surface area contributed by atoms with Crippen molar-refractivity contribution in [2.45, 2.75) is 40.0 Å². The average Bonchev–Trinajstić information content (AvgIpc) is 2.74. The monoisotopic (exact) mass is 571 g/mol. The van der Waals surface area contributed by atoms with Crippen LogP contribution in [-0.4, -0.2) is 31.2 Å². The van der Waals surface area contributed by atoms with E-state index in [1.807, 2.05) is 39.0 Å². The number of halogens is 2. The van der Waals surface area contributed by atoms with Crippen LogP contribution in [0.3, 0.4) is 0 Å². The Kier molecular flexibility index (Phi) is 10.8. The van der Waals surface area contributed by atoms with E-state index in [0.29, 0.717) is 35.4 Å². The van der Waals surface area contributed by atoms with Crippen LogP contribution >= 0.6 is 34.2 Å². The van der Waals surface area contributed by atoms with Crippen molar-refractivity contribution in [3.63, 3.8) is 0 Å². The van der Waals surface area contributed by atoms with Gasteiger partial charge in [-0.05, 0) is 78.3 Å². The average molecular weight is 572 g/mol. The van der Waals surface area contributed by atoms with E-state index in [4.69, 9.17) is 21.1 Å². The molecule has 0 fully saturated rings. The van der Waals surface area contributed by atoms with E-state index in [-0.39, 0.29) is 24.7 Å². The molecule has 0 bridgehead atoms. The fraction of sp³-hybridized carbons (Fsp3) is 0.348. The number of aryl methyl sites for hydroxylation is 1. The van der Waals surface area contributed by atoms with Gasteiger partial charge < -0.3 is 14.8 Å². The predicted molar refractivity (Wildman–Crippen MR) is 136 cm³/mol. The predicted octanol–water partition coefficient (Wildman–Crippen LogP) is 5.31. The molecular weight excluding hydrogens is 545 g/mol. The van der Waals surface area contributed by atoms with Crippen LogP contribution in [0.5, 0.6) is 11.5 Å². The summed E-state index contributed by atoms with van der Waals surface area (Å²) < 4.78 is 12.4. The van der Waals surface area contributed by atoms with E-state index >= 15 is 0 Å². The Morgan fingerprint density at radius 1 is 1.12 bits per heavy atom. The van der Waals surface area contributed by atoms with Crippen LogP contribution in [0.1, 0.15) is 44.2 Å². The Morgan fingerprint density at radius 3 is 2.56 bits per heavy atom. The van der Waals surface area contributed by atoms with Crippen LogP contribution in [0.4, 0.5) is 5.69 Å². The number of nitrogens with zero attached hydrogens (tertiary/aromatic N) is 1. The van der Waals surface area contributed by atoms with Gasteiger partial charge in [0.2, 0.25) is 11.8 Å². The summed E-state index contributed by atoms with van der Waals surface area (Å²) in [4.78, 5) is 24.1. The first-order valence-electron chi connectivity index (χ1n) is 10.3. The summed E-state index contributed by atoms with van der Waals surface area (Å²) in [5, 5.41) is 7.28. The molecule has 32 heavy (non-hydrogen) atoms. The van der Waals surface area contributed by atoms with Crippen molar-refractivity contribution in [2.24, 2.45) is 5.10 Å². The van der Waals surface area contributed by atoms with Gasteiger partial charge in [-0.15, -0.1) is 0 Å². The highest BCUT2D eigenvalue weighted by Gasteiger charge is 2.12. The summed E-state index contributed by atoms with van der Waals surface area (Å²) in [5.41, 5.74) is 4.72. The lowest BCUT2D eigenvalue weighted by molar-refractivity contribution is -0.124. The Morgan fingerprint density at radius 2 is 1.88 bits per heavy atom. The molecule has 0 unspecified atom stereocenters. The molecule has 0 aliphatic carbocycles. The highest BCUT2D eigenvalue weighted by molar-refractivity contribution is 14.1. The second kappa shape index (κ2) is 13.3. The van der Waals surface area contributed by atoms with Crippen LogP contribution in [-0.2, 0) is 9.59 Å². The second-order valence-electron chi connectivity index (χ2n) is 6.92. The quantitative estimate of drug-likeness (QED) is 0.217. The van der Waals surface area contributed by atoms with Gasteiger partial charge in [0.15, 0.2) is 11.5 Å². The molecule has 0 saturated heterocycles. The standard InChI is InChI=1S/C23H27ClIN3O4/c1-4-10-32-23-19(25)11-16(12-20(23)31-5-2)14-26-28-22(30)9-8-21(29)27-17-7-6-15(3)18(24)13-17/h6-7,11-14H,4-5,8-10H2,1-3H3,(H,27,29)(H,28,30). The second-order valence-corrected chi connectivity index (χ2v) is 8.49. The summed E-state index contributed by atoms with van der Waals surface area (Å²) in [6, 6.07) is 8.96. The number of hydrazone groups is 1. The topological polar surface area (TPSA) is 89.0 Å². The van der Waals surface area contributed by atoms with Crippen LogP contribution < -0.4 is 20.2 Å². The fourth-order valence-electron chi connectivity index (χ4n) is 2.63. The van der Waals surface area contributed by atoms with Crippen LogP contribution in [0.2, 0.25) is 5.02 Å². The SMILES string of the molecule is CCCOc1c(I)cc(C=NNC(=O)CCC(=O)Nc2ccc(C)c(Cl)c2)cc1OCC. The molecule has 0 atom stereocenters. The zero-order valence-electron chi connectivity index (χ0n) is 18.3. The van der Waals surface area contributed by atoms with Gasteiger partial charge >= 0.3 is 0 Å². The maximum atomic E-state index is 12.1. The van der Waals surface area contributed by atoms with Gasteiger partial charge in [-0.25, -0.2) is 5.43 Å². The number of amides is 2. The van der Waals surface area contributed by atoms with Gasteiger partial charge in [-0.1, -0.05) is 24.6 Å². The summed E-state index contributed by atoms with van der Waals surface area (Å²) in [7, 11) is 0. The maximum Gasteiger partial charge on any atom is 0.240 e. The Bertz CT molecular complexity index is 982. The fourth-order valence-corrected chi connectivity index (χ4v) is 3.59. The van der Waals surface area contributed by atoms with Gasteiger partial charge in [0.1, 0.15) is 0 Å². The smallest absolute Gasteiger partial charge is 0.240 e. The normalized spacial score (nSPS) is 10.8. The van der Waals surface area contributed by atoms with Crippen LogP contribution in [0, 0.1) is 10.5 Å². The third-order valence-corrected chi connectivity index (χ3v) is 5.43. The Hall–Kier alpha value is -2.33. The molecule has 0 heterocycles. The van der Waals surface area contributed by atoms with Crippen molar-refractivity contribution in [1.82, 2.24) is 5.43 Å². The zero-order chi connectivity index (χ0) is 23.5. The number of ether oxygens (including phenoxy) is 2. The van der Waals surface area contributed by atoms with Gasteiger partial charge in [0, 0.05) is 23.6 Å². The van der Waals surface area contributed by atoms with E-state index in [2.05, 4.69) is 38.4 Å². The molecule has 2 aromatic rings.